The lowest BCUT2D eigenvalue weighted by atomic mass is 10.2. The smallest absolute Gasteiger partial charge is 0.271 e. The van der Waals surface area contributed by atoms with Crippen LogP contribution < -0.4 is 11.5 Å². The minimum absolute atomic E-state index is 0.0474. The fraction of sp³-hybridized carbons (Fsp3) is 1.00. The van der Waals surface area contributed by atoms with Crippen molar-refractivity contribution in [2.45, 2.75) is 44.8 Å². The number of hydrogen-bond acceptors (Lipinski definition) is 5. The monoisotopic (exact) mass is 218 g/mol. The van der Waals surface area contributed by atoms with Crippen LogP contribution in [-0.4, -0.2) is 38.4 Å². The van der Waals surface area contributed by atoms with Gasteiger partial charge in [-0.05, 0) is 12.8 Å². The van der Waals surface area contributed by atoms with Gasteiger partial charge in [-0.15, -0.1) is 0 Å². The van der Waals surface area contributed by atoms with Gasteiger partial charge in [0.15, 0.2) is 0 Å². The van der Waals surface area contributed by atoms with E-state index in [9.17, 15) is 0 Å². The van der Waals surface area contributed by atoms with Gasteiger partial charge in [0.2, 0.25) is 0 Å². The molecular weight excluding hydrogens is 196 g/mol. The van der Waals surface area contributed by atoms with Crippen molar-refractivity contribution in [3.63, 3.8) is 0 Å². The average Bonchev–Trinajstić information content (AvgIpc) is 2.27. The summed E-state index contributed by atoms with van der Waals surface area (Å²) in [7, 11) is 0. The zero-order valence-electron chi connectivity index (χ0n) is 9.35. The molecule has 0 bridgehead atoms. The van der Waals surface area contributed by atoms with Crippen LogP contribution in [0, 0.1) is 0 Å². The van der Waals surface area contributed by atoms with Crippen molar-refractivity contribution in [3.8, 4) is 0 Å². The van der Waals surface area contributed by atoms with Gasteiger partial charge in [-0.3, -0.25) is 0 Å². The third kappa shape index (κ3) is 4.90. The van der Waals surface area contributed by atoms with E-state index in [1.807, 2.05) is 0 Å². The maximum Gasteiger partial charge on any atom is 0.271 e. The van der Waals surface area contributed by atoms with Gasteiger partial charge in [-0.2, -0.15) is 0 Å². The molecule has 5 nitrogen and oxygen atoms in total. The van der Waals surface area contributed by atoms with Crippen LogP contribution in [0.5, 0.6) is 0 Å². The van der Waals surface area contributed by atoms with Gasteiger partial charge in [-0.25, -0.2) is 0 Å². The van der Waals surface area contributed by atoms with Crippen molar-refractivity contribution in [1.82, 2.24) is 0 Å². The van der Waals surface area contributed by atoms with Crippen LogP contribution >= 0.6 is 0 Å². The predicted octanol–water partition coefficient (Wildman–Crippen LogP) is 0.178. The second-order valence-corrected chi connectivity index (χ2v) is 3.82. The first kappa shape index (κ1) is 12.9. The van der Waals surface area contributed by atoms with Crippen LogP contribution in [0.25, 0.3) is 0 Å². The van der Waals surface area contributed by atoms with E-state index in [0.717, 1.165) is 19.3 Å². The third-order valence-corrected chi connectivity index (χ3v) is 2.37. The molecular formula is C10H22N2O3. The van der Waals surface area contributed by atoms with E-state index in [1.165, 1.54) is 0 Å². The number of hydrogen-bond donors (Lipinski definition) is 2. The topological polar surface area (TPSA) is 79.7 Å². The largest absolute Gasteiger partial charge is 0.330 e. The zero-order chi connectivity index (χ0) is 11.1. The highest BCUT2D eigenvalue weighted by atomic mass is 16.9. The molecule has 3 atom stereocenters. The molecule has 1 saturated heterocycles. The summed E-state index contributed by atoms with van der Waals surface area (Å²) >= 11 is 0. The first-order valence-corrected chi connectivity index (χ1v) is 5.60. The van der Waals surface area contributed by atoms with Gasteiger partial charge in [0.25, 0.3) is 6.48 Å². The third-order valence-electron chi connectivity index (χ3n) is 2.37. The van der Waals surface area contributed by atoms with Crippen molar-refractivity contribution in [3.05, 3.63) is 0 Å². The Labute approximate surface area is 91.0 Å². The lowest BCUT2D eigenvalue weighted by molar-refractivity contribution is -0.329. The molecule has 0 aromatic carbocycles. The molecule has 1 fully saturated rings. The molecule has 1 aliphatic heterocycles. The first-order valence-electron chi connectivity index (χ1n) is 5.60. The second kappa shape index (κ2) is 7.14. The zero-order valence-corrected chi connectivity index (χ0v) is 9.35. The summed E-state index contributed by atoms with van der Waals surface area (Å²) < 4.78 is 16.1. The molecule has 90 valence electrons. The molecule has 3 unspecified atom stereocenters. The maximum absolute atomic E-state index is 5.81. The van der Waals surface area contributed by atoms with Gasteiger partial charge in [-0.1, -0.05) is 13.3 Å². The number of nitrogens with two attached hydrogens (primary N) is 2. The Morgan fingerprint density at radius 2 is 2.33 bits per heavy atom. The lowest BCUT2D eigenvalue weighted by Gasteiger charge is -2.29. The van der Waals surface area contributed by atoms with E-state index in [0.29, 0.717) is 19.8 Å². The Morgan fingerprint density at radius 1 is 1.53 bits per heavy atom. The SMILES string of the molecule is CCCC(N)COC1OCCC(CN)O1. The number of ether oxygens (including phenoxy) is 3. The fourth-order valence-corrected chi connectivity index (χ4v) is 1.48. The van der Waals surface area contributed by atoms with E-state index in [2.05, 4.69) is 6.92 Å². The normalized spacial score (nSPS) is 29.0. The average molecular weight is 218 g/mol. The summed E-state index contributed by atoms with van der Waals surface area (Å²) in [5.41, 5.74) is 11.3. The summed E-state index contributed by atoms with van der Waals surface area (Å²) in [5, 5.41) is 0. The van der Waals surface area contributed by atoms with E-state index >= 15 is 0 Å². The molecule has 15 heavy (non-hydrogen) atoms. The summed E-state index contributed by atoms with van der Waals surface area (Å²) in [6, 6.07) is 0.0560. The van der Waals surface area contributed by atoms with Crippen molar-refractivity contribution >= 4 is 0 Å². The van der Waals surface area contributed by atoms with Crippen LogP contribution in [0.15, 0.2) is 0 Å². The molecule has 1 rings (SSSR count). The molecule has 0 aromatic heterocycles. The highest BCUT2D eigenvalue weighted by Crippen LogP contribution is 2.12. The molecule has 0 amide bonds. The van der Waals surface area contributed by atoms with E-state index in [1.54, 1.807) is 0 Å². The van der Waals surface area contributed by atoms with Crippen LogP contribution in [0.2, 0.25) is 0 Å². The Balaban J connectivity index is 2.14. The van der Waals surface area contributed by atoms with Crippen molar-refractivity contribution in [1.29, 1.82) is 0 Å². The minimum Gasteiger partial charge on any atom is -0.330 e. The van der Waals surface area contributed by atoms with Crippen molar-refractivity contribution < 1.29 is 14.2 Å². The quantitative estimate of drug-likeness (QED) is 0.664. The Hall–Kier alpha value is -0.200. The highest BCUT2D eigenvalue weighted by molar-refractivity contribution is 4.62. The molecule has 0 aliphatic carbocycles. The Bertz CT molecular complexity index is 169. The van der Waals surface area contributed by atoms with Gasteiger partial charge in [0.05, 0.1) is 19.3 Å². The molecule has 5 heteroatoms. The van der Waals surface area contributed by atoms with E-state index < -0.39 is 6.48 Å². The summed E-state index contributed by atoms with van der Waals surface area (Å²) in [6.07, 6.45) is 2.89. The lowest BCUT2D eigenvalue weighted by Crippen LogP contribution is -2.40. The molecule has 4 N–H and O–H groups in total. The molecule has 0 radical (unpaired) electrons. The van der Waals surface area contributed by atoms with Crippen LogP contribution in [0.1, 0.15) is 26.2 Å². The van der Waals surface area contributed by atoms with E-state index in [4.69, 9.17) is 25.7 Å². The van der Waals surface area contributed by atoms with Crippen molar-refractivity contribution in [2.24, 2.45) is 11.5 Å². The standard InChI is InChI=1S/C10H22N2O3/c1-2-3-8(12)7-14-10-13-5-4-9(6-11)15-10/h8-10H,2-7,11-12H2,1H3. The first-order chi connectivity index (χ1) is 7.26. The van der Waals surface area contributed by atoms with Gasteiger partial charge in [0, 0.05) is 12.6 Å². The summed E-state index contributed by atoms with van der Waals surface area (Å²) in [4.78, 5) is 0. The Kier molecular flexibility index (Phi) is 6.12. The Morgan fingerprint density at radius 3 is 3.00 bits per heavy atom. The molecule has 0 saturated carbocycles. The summed E-state index contributed by atoms with van der Waals surface area (Å²) in [5.74, 6) is 0. The number of rotatable bonds is 6. The minimum atomic E-state index is -0.588. The molecule has 1 aliphatic rings. The van der Waals surface area contributed by atoms with Crippen molar-refractivity contribution in [2.75, 3.05) is 19.8 Å². The highest BCUT2D eigenvalue weighted by Gasteiger charge is 2.22. The van der Waals surface area contributed by atoms with Crippen LogP contribution in [-0.2, 0) is 14.2 Å². The van der Waals surface area contributed by atoms with Crippen LogP contribution in [0.4, 0.5) is 0 Å². The van der Waals surface area contributed by atoms with Gasteiger partial charge in [0.1, 0.15) is 0 Å². The predicted molar refractivity (Wildman–Crippen MR) is 57.1 cm³/mol. The van der Waals surface area contributed by atoms with Gasteiger partial charge < -0.3 is 25.7 Å². The van der Waals surface area contributed by atoms with E-state index in [-0.39, 0.29) is 12.1 Å². The second-order valence-electron chi connectivity index (χ2n) is 3.82. The summed E-state index contributed by atoms with van der Waals surface area (Å²) in [6.45, 7) is 3.11. The maximum atomic E-state index is 5.81. The molecule has 0 spiro atoms. The van der Waals surface area contributed by atoms with Gasteiger partial charge >= 0.3 is 0 Å². The molecule has 0 aromatic rings. The molecule has 1 heterocycles. The fourth-order valence-electron chi connectivity index (χ4n) is 1.48. The van der Waals surface area contributed by atoms with Crippen LogP contribution in [0.3, 0.4) is 0 Å².